The monoisotopic (exact) mass is 186 g/mol. The highest BCUT2D eigenvalue weighted by Crippen LogP contribution is 2.16. The second kappa shape index (κ2) is 4.80. The quantitative estimate of drug-likeness (QED) is 0.599. The van der Waals surface area contributed by atoms with Crippen LogP contribution in [0.15, 0.2) is 47.1 Å². The summed E-state index contributed by atoms with van der Waals surface area (Å²) >= 11 is 0. The fraction of sp³-hybridized carbons (Fsp3) is 0.286. The zero-order chi connectivity index (χ0) is 10.6. The van der Waals surface area contributed by atoms with E-state index >= 15 is 0 Å². The van der Waals surface area contributed by atoms with E-state index in [9.17, 15) is 0 Å². The molecule has 74 valence electrons. The van der Waals surface area contributed by atoms with E-state index in [-0.39, 0.29) is 0 Å². The number of benzene rings is 1. The molecule has 0 radical (unpaired) electrons. The van der Waals surface area contributed by atoms with Crippen LogP contribution in [-0.2, 0) is 0 Å². The largest absolute Gasteiger partial charge is 0.0732 e. The molecule has 0 bridgehead atoms. The van der Waals surface area contributed by atoms with Gasteiger partial charge in [-0.05, 0) is 44.4 Å². The van der Waals surface area contributed by atoms with Gasteiger partial charge in [-0.25, -0.2) is 0 Å². The molecule has 0 nitrogen and oxygen atoms in total. The van der Waals surface area contributed by atoms with Gasteiger partial charge < -0.3 is 0 Å². The lowest BCUT2D eigenvalue weighted by molar-refractivity contribution is 1.24. The van der Waals surface area contributed by atoms with Crippen LogP contribution in [-0.4, -0.2) is 0 Å². The Labute approximate surface area is 87.0 Å². The van der Waals surface area contributed by atoms with Gasteiger partial charge in [0, 0.05) is 0 Å². The Morgan fingerprint density at radius 1 is 0.929 bits per heavy atom. The average molecular weight is 186 g/mol. The Morgan fingerprint density at radius 2 is 1.50 bits per heavy atom. The van der Waals surface area contributed by atoms with Crippen LogP contribution in [0.3, 0.4) is 0 Å². The highest BCUT2D eigenvalue weighted by atomic mass is 14.0. The van der Waals surface area contributed by atoms with Crippen LogP contribution in [0.25, 0.3) is 6.08 Å². The number of rotatable bonds is 2. The zero-order valence-electron chi connectivity index (χ0n) is 9.46. The molecule has 0 atom stereocenters. The molecule has 0 aliphatic rings. The van der Waals surface area contributed by atoms with Crippen molar-refractivity contribution in [2.45, 2.75) is 27.7 Å². The molecule has 1 rings (SSSR count). The third kappa shape index (κ3) is 2.88. The van der Waals surface area contributed by atoms with Gasteiger partial charge in [0.05, 0.1) is 0 Å². The summed E-state index contributed by atoms with van der Waals surface area (Å²) in [5, 5.41) is 0. The molecule has 0 aromatic heterocycles. The normalized spacial score (nSPS) is 11.3. The molecule has 0 unspecified atom stereocenters. The molecule has 0 saturated heterocycles. The maximum absolute atomic E-state index is 2.22. The summed E-state index contributed by atoms with van der Waals surface area (Å²) in [6.07, 6.45) is 2.22. The van der Waals surface area contributed by atoms with Crippen molar-refractivity contribution in [3.05, 3.63) is 52.6 Å². The Balaban J connectivity index is 2.96. The highest BCUT2D eigenvalue weighted by molar-refractivity contribution is 5.57. The van der Waals surface area contributed by atoms with Gasteiger partial charge in [-0.2, -0.15) is 0 Å². The number of allylic oxidation sites excluding steroid dienone is 3. The van der Waals surface area contributed by atoms with Crippen molar-refractivity contribution >= 4 is 6.08 Å². The van der Waals surface area contributed by atoms with Gasteiger partial charge >= 0.3 is 0 Å². The highest BCUT2D eigenvalue weighted by Gasteiger charge is 1.95. The fourth-order valence-electron chi connectivity index (χ4n) is 1.30. The molecular formula is C14H18. The average Bonchev–Trinajstić information content (AvgIpc) is 2.18. The number of hydrogen-bond donors (Lipinski definition) is 0. The summed E-state index contributed by atoms with van der Waals surface area (Å²) in [6, 6.07) is 10.4. The van der Waals surface area contributed by atoms with Crippen LogP contribution in [0.2, 0.25) is 0 Å². The fourth-order valence-corrected chi connectivity index (χ4v) is 1.30. The maximum atomic E-state index is 2.22. The lowest BCUT2D eigenvalue weighted by Crippen LogP contribution is -1.83. The van der Waals surface area contributed by atoms with Crippen LogP contribution in [0.4, 0.5) is 0 Å². The molecule has 0 heteroatoms. The van der Waals surface area contributed by atoms with Crippen molar-refractivity contribution in [1.82, 2.24) is 0 Å². The van der Waals surface area contributed by atoms with Crippen molar-refractivity contribution in [2.24, 2.45) is 0 Å². The van der Waals surface area contributed by atoms with Crippen molar-refractivity contribution < 1.29 is 0 Å². The molecule has 1 aromatic rings. The van der Waals surface area contributed by atoms with E-state index in [1.807, 2.05) is 6.07 Å². The van der Waals surface area contributed by atoms with Crippen LogP contribution in [0.5, 0.6) is 0 Å². The summed E-state index contributed by atoms with van der Waals surface area (Å²) in [6.45, 7) is 8.63. The van der Waals surface area contributed by atoms with Crippen LogP contribution in [0, 0.1) is 0 Å². The van der Waals surface area contributed by atoms with E-state index < -0.39 is 0 Å². The molecule has 0 aliphatic carbocycles. The Bertz CT molecular complexity index is 349. The van der Waals surface area contributed by atoms with Gasteiger partial charge in [-0.15, -0.1) is 0 Å². The van der Waals surface area contributed by atoms with Crippen molar-refractivity contribution in [2.75, 3.05) is 0 Å². The predicted octanol–water partition coefficient (Wildman–Crippen LogP) is 4.45. The smallest absolute Gasteiger partial charge is 0.0254 e. The molecular weight excluding hydrogens is 168 g/mol. The van der Waals surface area contributed by atoms with Crippen LogP contribution in [0.1, 0.15) is 33.3 Å². The van der Waals surface area contributed by atoms with Crippen LogP contribution >= 0.6 is 0 Å². The Hall–Kier alpha value is -1.30. The molecule has 0 saturated carbocycles. The molecule has 0 amide bonds. The van der Waals surface area contributed by atoms with Crippen molar-refractivity contribution in [3.63, 3.8) is 0 Å². The standard InChI is InChI=1S/C14H18/c1-11(2)13(4)12(3)10-14-8-6-5-7-9-14/h5-10H,1-4H3. The predicted molar refractivity (Wildman–Crippen MR) is 64.1 cm³/mol. The lowest BCUT2D eigenvalue weighted by atomic mass is 10.0. The molecule has 1 aromatic carbocycles. The number of hydrogen-bond acceptors (Lipinski definition) is 0. The summed E-state index contributed by atoms with van der Waals surface area (Å²) in [5.74, 6) is 0. The minimum absolute atomic E-state index is 1.27. The second-order valence-corrected chi connectivity index (χ2v) is 3.86. The van der Waals surface area contributed by atoms with Crippen molar-refractivity contribution in [1.29, 1.82) is 0 Å². The second-order valence-electron chi connectivity index (χ2n) is 3.86. The van der Waals surface area contributed by atoms with Gasteiger partial charge in [0.1, 0.15) is 0 Å². The molecule has 0 fully saturated rings. The first-order valence-corrected chi connectivity index (χ1v) is 4.99. The van der Waals surface area contributed by atoms with Gasteiger partial charge in [0.15, 0.2) is 0 Å². The van der Waals surface area contributed by atoms with E-state index in [1.54, 1.807) is 0 Å². The maximum Gasteiger partial charge on any atom is -0.0254 e. The topological polar surface area (TPSA) is 0 Å². The summed E-state index contributed by atoms with van der Waals surface area (Å²) in [4.78, 5) is 0. The molecule has 0 heterocycles. The summed E-state index contributed by atoms with van der Waals surface area (Å²) in [7, 11) is 0. The third-order valence-corrected chi connectivity index (χ3v) is 2.52. The molecule has 14 heavy (non-hydrogen) atoms. The zero-order valence-corrected chi connectivity index (χ0v) is 9.46. The van der Waals surface area contributed by atoms with Gasteiger partial charge in [0.2, 0.25) is 0 Å². The van der Waals surface area contributed by atoms with Gasteiger partial charge in [-0.1, -0.05) is 42.0 Å². The first-order chi connectivity index (χ1) is 6.61. The Kier molecular flexibility index (Phi) is 3.70. The Morgan fingerprint density at radius 3 is 2.00 bits per heavy atom. The SMILES string of the molecule is CC(=Cc1ccccc1)C(C)=C(C)C. The summed E-state index contributed by atoms with van der Waals surface area (Å²) in [5.41, 5.74) is 5.38. The first kappa shape index (κ1) is 10.8. The minimum Gasteiger partial charge on any atom is -0.0732 e. The summed E-state index contributed by atoms with van der Waals surface area (Å²) < 4.78 is 0. The van der Waals surface area contributed by atoms with E-state index in [2.05, 4.69) is 58.0 Å². The van der Waals surface area contributed by atoms with E-state index in [0.29, 0.717) is 0 Å². The molecule has 0 N–H and O–H groups in total. The van der Waals surface area contributed by atoms with Crippen LogP contribution < -0.4 is 0 Å². The van der Waals surface area contributed by atoms with E-state index in [0.717, 1.165) is 0 Å². The minimum atomic E-state index is 1.27. The molecule has 0 spiro atoms. The molecule has 0 aliphatic heterocycles. The van der Waals surface area contributed by atoms with E-state index in [4.69, 9.17) is 0 Å². The lowest BCUT2D eigenvalue weighted by Gasteiger charge is -2.04. The van der Waals surface area contributed by atoms with Crippen molar-refractivity contribution in [3.8, 4) is 0 Å². The first-order valence-electron chi connectivity index (χ1n) is 4.99. The van der Waals surface area contributed by atoms with Gasteiger partial charge in [0.25, 0.3) is 0 Å². The van der Waals surface area contributed by atoms with Gasteiger partial charge in [-0.3, -0.25) is 0 Å². The third-order valence-electron chi connectivity index (χ3n) is 2.52. The van der Waals surface area contributed by atoms with E-state index in [1.165, 1.54) is 22.3 Å².